The van der Waals surface area contributed by atoms with Crippen LogP contribution in [0.5, 0.6) is 5.75 Å². The lowest BCUT2D eigenvalue weighted by Crippen LogP contribution is -3.05. The molecule has 0 fully saturated rings. The molecule has 28 heavy (non-hydrogen) atoms. The van der Waals surface area contributed by atoms with Crippen LogP contribution in [0.15, 0.2) is 53.7 Å². The Kier molecular flexibility index (Phi) is 6.93. The Morgan fingerprint density at radius 1 is 1.11 bits per heavy atom. The highest BCUT2D eigenvalue weighted by atomic mass is 35.5. The monoisotopic (exact) mass is 421 g/mol. The number of halogens is 2. The molecule has 1 N–H and O–H groups in total. The lowest BCUT2D eigenvalue weighted by atomic mass is 10.2. The third-order valence-corrected chi connectivity index (χ3v) is 5.54. The maximum Gasteiger partial charge on any atom is 0.196 e. The molecule has 1 heterocycles. The van der Waals surface area contributed by atoms with Crippen molar-refractivity contribution in [1.29, 1.82) is 0 Å². The van der Waals surface area contributed by atoms with Gasteiger partial charge in [0.15, 0.2) is 11.0 Å². The summed E-state index contributed by atoms with van der Waals surface area (Å²) in [5.41, 5.74) is 0.843. The van der Waals surface area contributed by atoms with Crippen molar-refractivity contribution in [3.05, 3.63) is 65.2 Å². The second-order valence-corrected chi connectivity index (χ2v) is 8.10. The summed E-state index contributed by atoms with van der Waals surface area (Å²) in [6.45, 7) is 2.61. The van der Waals surface area contributed by atoms with Gasteiger partial charge in [0.1, 0.15) is 17.6 Å². The molecular formula is C20H23ClFN4OS+. The number of benzene rings is 2. The van der Waals surface area contributed by atoms with Gasteiger partial charge in [-0.2, -0.15) is 0 Å². The molecule has 5 nitrogen and oxygen atoms in total. The Labute approximate surface area is 173 Å². The number of aromatic nitrogens is 3. The molecule has 3 aromatic rings. The van der Waals surface area contributed by atoms with Crippen LogP contribution < -0.4 is 9.64 Å². The van der Waals surface area contributed by atoms with Crippen LogP contribution in [0.1, 0.15) is 18.8 Å². The molecule has 2 aromatic carbocycles. The van der Waals surface area contributed by atoms with Gasteiger partial charge in [0.25, 0.3) is 0 Å². The van der Waals surface area contributed by atoms with E-state index in [2.05, 4.69) is 31.2 Å². The van der Waals surface area contributed by atoms with Crippen LogP contribution in [0.25, 0.3) is 5.69 Å². The lowest BCUT2D eigenvalue weighted by Gasteiger charge is -2.18. The van der Waals surface area contributed by atoms with Gasteiger partial charge < -0.3 is 9.64 Å². The van der Waals surface area contributed by atoms with Crippen molar-refractivity contribution in [1.82, 2.24) is 14.8 Å². The first-order chi connectivity index (χ1) is 13.5. The second kappa shape index (κ2) is 9.41. The summed E-state index contributed by atoms with van der Waals surface area (Å²) >= 11 is 7.44. The standard InChI is InChI=1S/C20H22ClFN4OS/c1-14(25(2)3)19-23-24-20(26(19)17-8-6-16(22)7-9-17)28-13-12-27-18-10-4-15(21)5-11-18/h4-11,14H,12-13H2,1-3H3/p+1/t14-/m1/s1. The van der Waals surface area contributed by atoms with Crippen molar-refractivity contribution in [2.24, 2.45) is 0 Å². The van der Waals surface area contributed by atoms with Gasteiger partial charge in [-0.1, -0.05) is 23.4 Å². The van der Waals surface area contributed by atoms with Crippen molar-refractivity contribution in [2.45, 2.75) is 18.1 Å². The molecule has 0 aliphatic heterocycles. The van der Waals surface area contributed by atoms with Crippen molar-refractivity contribution in [2.75, 3.05) is 26.5 Å². The number of rotatable bonds is 8. The molecule has 3 rings (SSSR count). The zero-order chi connectivity index (χ0) is 20.1. The number of thioether (sulfide) groups is 1. The summed E-state index contributed by atoms with van der Waals surface area (Å²) in [7, 11) is 4.14. The fraction of sp³-hybridized carbons (Fsp3) is 0.300. The molecule has 0 aliphatic rings. The summed E-state index contributed by atoms with van der Waals surface area (Å²) < 4.78 is 21.1. The Morgan fingerprint density at radius 3 is 2.43 bits per heavy atom. The van der Waals surface area contributed by atoms with E-state index in [4.69, 9.17) is 16.3 Å². The first-order valence-electron chi connectivity index (χ1n) is 8.98. The maximum atomic E-state index is 13.4. The number of ether oxygens (including phenoxy) is 1. The maximum absolute atomic E-state index is 13.4. The van der Waals surface area contributed by atoms with Crippen LogP contribution in [0.4, 0.5) is 4.39 Å². The van der Waals surface area contributed by atoms with E-state index >= 15 is 0 Å². The number of nitrogens with one attached hydrogen (secondary N) is 1. The van der Waals surface area contributed by atoms with Gasteiger partial charge in [-0.15, -0.1) is 10.2 Å². The van der Waals surface area contributed by atoms with Crippen molar-refractivity contribution in [3.63, 3.8) is 0 Å². The Morgan fingerprint density at radius 2 is 1.79 bits per heavy atom. The molecule has 8 heteroatoms. The van der Waals surface area contributed by atoms with E-state index in [9.17, 15) is 4.39 Å². The zero-order valence-electron chi connectivity index (χ0n) is 16.0. The minimum Gasteiger partial charge on any atom is -0.493 e. The average molecular weight is 422 g/mol. The highest BCUT2D eigenvalue weighted by Crippen LogP contribution is 2.25. The molecule has 148 valence electrons. The van der Waals surface area contributed by atoms with Gasteiger partial charge in [-0.05, 0) is 55.5 Å². The summed E-state index contributed by atoms with van der Waals surface area (Å²) in [5.74, 6) is 2.05. The second-order valence-electron chi connectivity index (χ2n) is 6.60. The van der Waals surface area contributed by atoms with Crippen LogP contribution in [-0.2, 0) is 0 Å². The molecule has 0 bridgehead atoms. The molecular weight excluding hydrogens is 399 g/mol. The van der Waals surface area contributed by atoms with Gasteiger partial charge in [-0.25, -0.2) is 4.39 Å². The molecule has 0 spiro atoms. The summed E-state index contributed by atoms with van der Waals surface area (Å²) in [6.07, 6.45) is 0. The van der Waals surface area contributed by atoms with Crippen LogP contribution in [0, 0.1) is 5.82 Å². The van der Waals surface area contributed by atoms with E-state index in [-0.39, 0.29) is 11.9 Å². The van der Waals surface area contributed by atoms with Crippen LogP contribution in [0.2, 0.25) is 5.02 Å². The Hall–Kier alpha value is -2.09. The van der Waals surface area contributed by atoms with E-state index in [1.807, 2.05) is 16.7 Å². The molecule has 1 aromatic heterocycles. The van der Waals surface area contributed by atoms with E-state index in [0.29, 0.717) is 17.4 Å². The molecule has 0 amide bonds. The number of quaternary nitrogens is 1. The van der Waals surface area contributed by atoms with E-state index in [1.54, 1.807) is 36.0 Å². The van der Waals surface area contributed by atoms with Crippen LogP contribution in [-0.4, -0.2) is 41.2 Å². The van der Waals surface area contributed by atoms with Crippen molar-refractivity contribution < 1.29 is 14.0 Å². The van der Waals surface area contributed by atoms with Gasteiger partial charge in [0.2, 0.25) is 0 Å². The predicted molar refractivity (Wildman–Crippen MR) is 110 cm³/mol. The molecule has 1 atom stereocenters. The normalized spacial score (nSPS) is 12.4. The minimum atomic E-state index is -0.268. The Bertz CT molecular complexity index is 900. The third kappa shape index (κ3) is 5.04. The zero-order valence-corrected chi connectivity index (χ0v) is 17.6. The van der Waals surface area contributed by atoms with Gasteiger partial charge >= 0.3 is 0 Å². The van der Waals surface area contributed by atoms with E-state index in [0.717, 1.165) is 22.4 Å². The van der Waals surface area contributed by atoms with Crippen molar-refractivity contribution >= 4 is 23.4 Å². The van der Waals surface area contributed by atoms with Crippen LogP contribution in [0.3, 0.4) is 0 Å². The van der Waals surface area contributed by atoms with Crippen LogP contribution >= 0.6 is 23.4 Å². The number of hydrogen-bond acceptors (Lipinski definition) is 4. The largest absolute Gasteiger partial charge is 0.493 e. The Balaban J connectivity index is 1.74. The molecule has 0 unspecified atom stereocenters. The first kappa shape index (κ1) is 20.6. The van der Waals surface area contributed by atoms with Gasteiger partial charge in [0, 0.05) is 16.5 Å². The lowest BCUT2D eigenvalue weighted by molar-refractivity contribution is -0.890. The summed E-state index contributed by atoms with van der Waals surface area (Å²) in [5, 5.41) is 10.2. The van der Waals surface area contributed by atoms with Gasteiger partial charge in [0.05, 0.1) is 20.7 Å². The SMILES string of the molecule is C[C@H](c1nnc(SCCOc2ccc(Cl)cc2)n1-c1ccc(F)cc1)[NH+](C)C. The topological polar surface area (TPSA) is 44.4 Å². The predicted octanol–water partition coefficient (Wildman–Crippen LogP) is 3.44. The quantitative estimate of drug-likeness (QED) is 0.447. The van der Waals surface area contributed by atoms with E-state index < -0.39 is 0 Å². The van der Waals surface area contributed by atoms with Gasteiger partial charge in [-0.3, -0.25) is 4.57 Å². The van der Waals surface area contributed by atoms with Crippen molar-refractivity contribution in [3.8, 4) is 11.4 Å². The average Bonchev–Trinajstić information content (AvgIpc) is 3.10. The molecule has 0 saturated carbocycles. The molecule has 0 radical (unpaired) electrons. The minimum absolute atomic E-state index is 0.136. The highest BCUT2D eigenvalue weighted by Gasteiger charge is 2.23. The fourth-order valence-electron chi connectivity index (χ4n) is 2.57. The highest BCUT2D eigenvalue weighted by molar-refractivity contribution is 7.99. The molecule has 0 saturated heterocycles. The molecule has 0 aliphatic carbocycles. The van der Waals surface area contributed by atoms with E-state index in [1.165, 1.54) is 17.0 Å². The third-order valence-electron chi connectivity index (χ3n) is 4.39. The smallest absolute Gasteiger partial charge is 0.196 e. The summed E-state index contributed by atoms with van der Waals surface area (Å²) in [4.78, 5) is 1.23. The summed E-state index contributed by atoms with van der Waals surface area (Å²) in [6, 6.07) is 13.8. The fourth-order valence-corrected chi connectivity index (χ4v) is 3.47. The first-order valence-corrected chi connectivity index (χ1v) is 10.3. The number of nitrogens with zero attached hydrogens (tertiary/aromatic N) is 3. The number of hydrogen-bond donors (Lipinski definition) is 1.